The van der Waals surface area contributed by atoms with Gasteiger partial charge in [-0.05, 0) is 42.5 Å². The number of benzene rings is 2. The second kappa shape index (κ2) is 9.40. The summed E-state index contributed by atoms with van der Waals surface area (Å²) in [5.74, 6) is -0.839. The molecule has 12 heteroatoms. The Morgan fingerprint density at radius 3 is 2.41 bits per heavy atom. The number of hydrogen-bond acceptors (Lipinski definition) is 4. The fourth-order valence-electron chi connectivity index (χ4n) is 2.77. The minimum absolute atomic E-state index is 0.100. The van der Waals surface area contributed by atoms with E-state index in [0.717, 1.165) is 6.20 Å². The molecule has 0 bridgehead atoms. The van der Waals surface area contributed by atoms with Gasteiger partial charge in [-0.15, -0.1) is 4.99 Å². The number of carbonyl (C=O) groups excluding carboxylic acids is 1. The lowest BCUT2D eigenvalue weighted by molar-refractivity contribution is -0.143. The molecule has 0 saturated heterocycles. The number of alkyl halides is 3. The fourth-order valence-corrected chi connectivity index (χ4v) is 2.90. The standard InChI is InChI=1S/C20H15ClF3N7O/c1-26-19(27-11-25)30-14-4-2-3-13(9-14)29-18(32)16-10-28-31(17(16)20(22,23)24)15-7-5-12(21)6-8-15/h2-10H,1H3,(H,29,32)(H2,26,27,30). The van der Waals surface area contributed by atoms with Crippen LogP contribution in [0.4, 0.5) is 24.5 Å². The molecule has 3 rings (SSSR count). The molecular weight excluding hydrogens is 447 g/mol. The molecule has 0 spiro atoms. The normalized spacial score (nSPS) is 11.6. The zero-order valence-corrected chi connectivity index (χ0v) is 17.2. The van der Waals surface area contributed by atoms with Crippen LogP contribution in [0, 0.1) is 11.5 Å². The van der Waals surface area contributed by atoms with Gasteiger partial charge in [0.15, 0.2) is 5.69 Å². The van der Waals surface area contributed by atoms with Crippen LogP contribution < -0.4 is 16.0 Å². The first-order chi connectivity index (χ1) is 15.2. The summed E-state index contributed by atoms with van der Waals surface area (Å²) >= 11 is 5.80. The third-order valence-electron chi connectivity index (χ3n) is 4.14. The van der Waals surface area contributed by atoms with Gasteiger partial charge in [-0.1, -0.05) is 17.7 Å². The Morgan fingerprint density at radius 2 is 1.81 bits per heavy atom. The SMILES string of the molecule is CN/C(=N\C#N)Nc1cccc(NC(=O)c2cnn(-c3ccc(Cl)cc3)c2C(F)(F)F)c1. The van der Waals surface area contributed by atoms with Crippen molar-refractivity contribution >= 4 is 34.8 Å². The largest absolute Gasteiger partial charge is 0.434 e. The van der Waals surface area contributed by atoms with E-state index in [2.05, 4.69) is 26.0 Å². The number of amides is 1. The summed E-state index contributed by atoms with van der Waals surface area (Å²) in [6.07, 6.45) is -2.37. The molecule has 0 saturated carbocycles. The van der Waals surface area contributed by atoms with Gasteiger partial charge in [0.05, 0.1) is 17.4 Å². The number of nitriles is 1. The van der Waals surface area contributed by atoms with Crippen LogP contribution in [0.25, 0.3) is 5.69 Å². The van der Waals surface area contributed by atoms with Crippen LogP contribution in [0.5, 0.6) is 0 Å². The summed E-state index contributed by atoms with van der Waals surface area (Å²) < 4.78 is 42.0. The second-order valence-electron chi connectivity index (χ2n) is 6.26. The lowest BCUT2D eigenvalue weighted by Crippen LogP contribution is -2.26. The quantitative estimate of drug-likeness (QED) is 0.305. The molecule has 0 radical (unpaired) electrons. The molecule has 8 nitrogen and oxygen atoms in total. The van der Waals surface area contributed by atoms with E-state index in [1.54, 1.807) is 25.4 Å². The zero-order valence-electron chi connectivity index (χ0n) is 16.4. The molecule has 1 aromatic heterocycles. The number of hydrogen-bond donors (Lipinski definition) is 3. The van der Waals surface area contributed by atoms with Gasteiger partial charge in [-0.3, -0.25) is 4.79 Å². The molecule has 32 heavy (non-hydrogen) atoms. The van der Waals surface area contributed by atoms with Crippen LogP contribution in [0.3, 0.4) is 0 Å². The first-order valence-electron chi connectivity index (χ1n) is 8.97. The number of aromatic nitrogens is 2. The highest BCUT2D eigenvalue weighted by molar-refractivity contribution is 6.30. The van der Waals surface area contributed by atoms with Crippen LogP contribution in [0.2, 0.25) is 5.02 Å². The van der Waals surface area contributed by atoms with Crippen molar-refractivity contribution in [3.63, 3.8) is 0 Å². The molecule has 164 valence electrons. The average molecular weight is 462 g/mol. The third-order valence-corrected chi connectivity index (χ3v) is 4.39. The Morgan fingerprint density at radius 1 is 1.16 bits per heavy atom. The molecule has 0 atom stereocenters. The van der Waals surface area contributed by atoms with Gasteiger partial charge in [-0.25, -0.2) is 4.68 Å². The number of guanidine groups is 1. The maximum Gasteiger partial charge on any atom is 0.434 e. The van der Waals surface area contributed by atoms with Crippen LogP contribution in [-0.4, -0.2) is 28.7 Å². The molecule has 0 aliphatic heterocycles. The van der Waals surface area contributed by atoms with E-state index in [0.29, 0.717) is 15.4 Å². The predicted octanol–water partition coefficient (Wildman–Crippen LogP) is 4.27. The van der Waals surface area contributed by atoms with Gasteiger partial charge in [-0.2, -0.15) is 23.5 Å². The van der Waals surface area contributed by atoms with Crippen molar-refractivity contribution < 1.29 is 18.0 Å². The molecule has 3 aromatic rings. The number of rotatable bonds is 4. The lowest BCUT2D eigenvalue weighted by atomic mass is 10.2. The highest BCUT2D eigenvalue weighted by Gasteiger charge is 2.40. The Labute approximate surface area is 185 Å². The molecule has 0 unspecified atom stereocenters. The van der Waals surface area contributed by atoms with Crippen LogP contribution in [0.1, 0.15) is 16.1 Å². The van der Waals surface area contributed by atoms with Crippen molar-refractivity contribution in [3.05, 3.63) is 71.0 Å². The van der Waals surface area contributed by atoms with E-state index in [1.165, 1.54) is 36.4 Å². The molecule has 1 amide bonds. The van der Waals surface area contributed by atoms with Crippen molar-refractivity contribution in [1.82, 2.24) is 15.1 Å². The number of halogens is 4. The van der Waals surface area contributed by atoms with Crippen molar-refractivity contribution in [2.75, 3.05) is 17.7 Å². The Kier molecular flexibility index (Phi) is 6.65. The number of anilines is 2. The molecule has 0 aliphatic rings. The topological polar surface area (TPSA) is 107 Å². The highest BCUT2D eigenvalue weighted by atomic mass is 35.5. The molecule has 2 aromatic carbocycles. The molecule has 3 N–H and O–H groups in total. The zero-order chi connectivity index (χ0) is 23.3. The monoisotopic (exact) mass is 461 g/mol. The molecule has 0 aliphatic carbocycles. The van der Waals surface area contributed by atoms with E-state index in [4.69, 9.17) is 16.9 Å². The van der Waals surface area contributed by atoms with Crippen LogP contribution in [0.15, 0.2) is 59.7 Å². The average Bonchev–Trinajstić information content (AvgIpc) is 3.20. The number of carbonyl (C=O) groups is 1. The third kappa shape index (κ3) is 5.16. The van der Waals surface area contributed by atoms with Gasteiger partial charge in [0.2, 0.25) is 12.2 Å². The summed E-state index contributed by atoms with van der Waals surface area (Å²) in [7, 11) is 1.55. The Bertz CT molecular complexity index is 1200. The highest BCUT2D eigenvalue weighted by Crippen LogP contribution is 2.34. The minimum Gasteiger partial charge on any atom is -0.358 e. The van der Waals surface area contributed by atoms with Crippen molar-refractivity contribution in [1.29, 1.82) is 5.26 Å². The van der Waals surface area contributed by atoms with Gasteiger partial charge in [0, 0.05) is 23.4 Å². The second-order valence-corrected chi connectivity index (χ2v) is 6.70. The van der Waals surface area contributed by atoms with Crippen LogP contribution in [-0.2, 0) is 6.18 Å². The summed E-state index contributed by atoms with van der Waals surface area (Å²) in [6.45, 7) is 0. The maximum atomic E-state index is 13.8. The lowest BCUT2D eigenvalue weighted by Gasteiger charge is -2.13. The summed E-state index contributed by atoms with van der Waals surface area (Å²) in [4.78, 5) is 16.2. The van der Waals surface area contributed by atoms with E-state index >= 15 is 0 Å². The first kappa shape index (κ1) is 22.6. The van der Waals surface area contributed by atoms with Gasteiger partial charge >= 0.3 is 6.18 Å². The van der Waals surface area contributed by atoms with E-state index < -0.39 is 23.3 Å². The number of aliphatic imine (C=N–C) groups is 1. The number of nitrogens with one attached hydrogen (secondary N) is 3. The van der Waals surface area contributed by atoms with Gasteiger partial charge in [0.25, 0.3) is 5.91 Å². The molecule has 0 fully saturated rings. The minimum atomic E-state index is -4.85. The smallest absolute Gasteiger partial charge is 0.358 e. The number of nitrogens with zero attached hydrogens (tertiary/aromatic N) is 4. The summed E-state index contributed by atoms with van der Waals surface area (Å²) in [5, 5.41) is 20.7. The van der Waals surface area contributed by atoms with Gasteiger partial charge < -0.3 is 16.0 Å². The van der Waals surface area contributed by atoms with E-state index in [1.807, 2.05) is 0 Å². The molecular formula is C20H15ClF3N7O. The first-order valence-corrected chi connectivity index (χ1v) is 9.35. The Balaban J connectivity index is 1.90. The maximum absolute atomic E-state index is 13.8. The predicted molar refractivity (Wildman–Crippen MR) is 114 cm³/mol. The fraction of sp³-hybridized carbons (Fsp3) is 0.100. The van der Waals surface area contributed by atoms with Crippen molar-refractivity contribution in [2.24, 2.45) is 4.99 Å². The molecule has 1 heterocycles. The summed E-state index contributed by atoms with van der Waals surface area (Å²) in [5.41, 5.74) is -1.10. The van der Waals surface area contributed by atoms with Crippen LogP contribution >= 0.6 is 11.6 Å². The Hall–Kier alpha value is -4.04. The summed E-state index contributed by atoms with van der Waals surface area (Å²) in [6, 6.07) is 11.7. The van der Waals surface area contributed by atoms with Crippen molar-refractivity contribution in [2.45, 2.75) is 6.18 Å². The van der Waals surface area contributed by atoms with Gasteiger partial charge in [0.1, 0.15) is 0 Å². The van der Waals surface area contributed by atoms with E-state index in [-0.39, 0.29) is 17.3 Å². The van der Waals surface area contributed by atoms with E-state index in [9.17, 15) is 18.0 Å². The van der Waals surface area contributed by atoms with Crippen molar-refractivity contribution in [3.8, 4) is 11.9 Å².